The zero-order chi connectivity index (χ0) is 29.1. The van der Waals surface area contributed by atoms with Crippen LogP contribution in [0.25, 0.3) is 10.9 Å². The van der Waals surface area contributed by atoms with Gasteiger partial charge in [-0.15, -0.1) is 0 Å². The van der Waals surface area contributed by atoms with Gasteiger partial charge in [0.1, 0.15) is 6.23 Å². The van der Waals surface area contributed by atoms with Crippen LogP contribution in [0.3, 0.4) is 0 Å². The number of aliphatic hydroxyl groups excluding tert-OH is 1. The number of hydrogen-bond donors (Lipinski definition) is 3. The number of H-pyrrole nitrogens is 1. The van der Waals surface area contributed by atoms with Crippen molar-refractivity contribution in [3.8, 4) is 5.88 Å². The van der Waals surface area contributed by atoms with E-state index in [1.807, 2.05) is 71.4 Å². The van der Waals surface area contributed by atoms with Gasteiger partial charge >= 0.3 is 5.97 Å². The highest BCUT2D eigenvalue weighted by Crippen LogP contribution is 2.32. The number of aromatic hydroxyl groups is 1. The molecule has 1 aliphatic rings. The average molecular weight is 556 g/mol. The van der Waals surface area contributed by atoms with Crippen LogP contribution in [0.4, 0.5) is 11.4 Å². The average Bonchev–Trinajstić information content (AvgIpc) is 3.32. The Morgan fingerprint density at radius 1 is 1.05 bits per heavy atom. The second-order valence-electron chi connectivity index (χ2n) is 10.1. The first kappa shape index (κ1) is 28.0. The summed E-state index contributed by atoms with van der Waals surface area (Å²) in [5.74, 6) is -0.609. The number of benzene rings is 3. The Morgan fingerprint density at radius 3 is 2.46 bits per heavy atom. The quantitative estimate of drug-likeness (QED) is 0.236. The van der Waals surface area contributed by atoms with Crippen molar-refractivity contribution in [1.29, 1.82) is 0 Å². The van der Waals surface area contributed by atoms with Gasteiger partial charge in [0.05, 0.1) is 36.2 Å². The monoisotopic (exact) mass is 555 g/mol. The molecule has 1 saturated heterocycles. The molecule has 1 unspecified atom stereocenters. The molecular weight excluding hydrogens is 522 g/mol. The molecule has 4 aromatic rings. The highest BCUT2D eigenvalue weighted by atomic mass is 16.5. The van der Waals surface area contributed by atoms with Gasteiger partial charge in [-0.25, -0.2) is 9.79 Å². The van der Waals surface area contributed by atoms with Crippen molar-refractivity contribution in [2.75, 3.05) is 52.3 Å². The number of likely N-dealkylation sites (N-methyl/N-ethyl adjacent to an activating group) is 2. The lowest BCUT2D eigenvalue weighted by Gasteiger charge is -2.36. The normalized spacial score (nSPS) is 16.6. The molecule has 1 fully saturated rings. The zero-order valence-corrected chi connectivity index (χ0v) is 23.2. The molecule has 0 saturated carbocycles. The molecule has 0 spiro atoms. The number of aromatic nitrogens is 1. The number of hydrogen-bond acceptors (Lipinski definition) is 8. The van der Waals surface area contributed by atoms with Crippen LogP contribution in [0.15, 0.2) is 77.8 Å². The predicted molar refractivity (Wildman–Crippen MR) is 158 cm³/mol. The molecule has 5 rings (SSSR count). The summed E-state index contributed by atoms with van der Waals surface area (Å²) in [6, 6.07) is 21.9. The number of ether oxygens (including phenoxy) is 1. The number of fused-ring (bicyclic) bond motifs is 1. The van der Waals surface area contributed by atoms with Gasteiger partial charge in [-0.3, -0.25) is 14.6 Å². The van der Waals surface area contributed by atoms with Gasteiger partial charge in [0, 0.05) is 48.8 Å². The summed E-state index contributed by atoms with van der Waals surface area (Å²) < 4.78 is 4.83. The molecule has 212 valence electrons. The number of aromatic amines is 1. The Hall–Kier alpha value is -4.51. The molecule has 10 nitrogen and oxygen atoms in total. The van der Waals surface area contributed by atoms with Crippen LogP contribution in [0.1, 0.15) is 21.5 Å². The van der Waals surface area contributed by atoms with Crippen LogP contribution < -0.4 is 4.90 Å². The molecule has 0 radical (unpaired) electrons. The molecule has 2 heterocycles. The van der Waals surface area contributed by atoms with E-state index in [9.17, 15) is 19.8 Å². The number of anilines is 1. The van der Waals surface area contributed by atoms with Gasteiger partial charge in [0.15, 0.2) is 5.88 Å². The first-order chi connectivity index (χ1) is 19.7. The van der Waals surface area contributed by atoms with E-state index in [1.54, 1.807) is 30.1 Å². The number of esters is 1. The Labute approximate surface area is 238 Å². The molecule has 1 aliphatic heterocycles. The number of nitrogens with one attached hydrogen (secondary N) is 1. The predicted octanol–water partition coefficient (Wildman–Crippen LogP) is 3.36. The van der Waals surface area contributed by atoms with E-state index in [2.05, 4.69) is 4.98 Å². The molecule has 1 amide bonds. The standard InChI is InChI=1S/C31H33N5O5/c1-34-15-16-36(18-26(34)37)19-27(38)35(2)23-12-10-22(11-13-23)32-29(20-7-5-4-6-8-20)28-24-14-9-21(31(40)41-3)17-25(24)33-30(28)39/h4-14,17,26,33,37,39H,15-16,18-19H2,1-3H3. The number of β-amino-alcohol motifs (C(OH)–C–C–N with tert-alkyl or cyclic N) is 1. The van der Waals surface area contributed by atoms with E-state index in [0.717, 1.165) is 11.3 Å². The first-order valence-corrected chi connectivity index (χ1v) is 13.3. The lowest BCUT2D eigenvalue weighted by Crippen LogP contribution is -2.53. The molecular formula is C31H33N5O5. The van der Waals surface area contributed by atoms with E-state index in [0.29, 0.717) is 53.1 Å². The number of aliphatic hydroxyl groups is 1. The minimum atomic E-state index is -0.579. The van der Waals surface area contributed by atoms with Crippen LogP contribution in [-0.4, -0.2) is 96.2 Å². The summed E-state index contributed by atoms with van der Waals surface area (Å²) in [6.07, 6.45) is -0.579. The van der Waals surface area contributed by atoms with Crippen molar-refractivity contribution in [2.24, 2.45) is 4.99 Å². The van der Waals surface area contributed by atoms with Crippen molar-refractivity contribution in [3.05, 3.63) is 89.5 Å². The van der Waals surface area contributed by atoms with Crippen molar-refractivity contribution < 1.29 is 24.5 Å². The van der Waals surface area contributed by atoms with E-state index in [-0.39, 0.29) is 18.3 Å². The van der Waals surface area contributed by atoms with E-state index in [1.165, 1.54) is 7.11 Å². The second kappa shape index (κ2) is 11.9. The summed E-state index contributed by atoms with van der Waals surface area (Å²) in [6.45, 7) is 2.06. The van der Waals surface area contributed by atoms with Crippen molar-refractivity contribution >= 4 is 39.9 Å². The molecule has 3 aromatic carbocycles. The number of piperazine rings is 1. The van der Waals surface area contributed by atoms with Crippen LogP contribution >= 0.6 is 0 Å². The molecule has 0 aliphatic carbocycles. The number of methoxy groups -OCH3 is 1. The van der Waals surface area contributed by atoms with Gasteiger partial charge in [-0.05, 0) is 43.4 Å². The third-order valence-corrected chi connectivity index (χ3v) is 7.39. The highest BCUT2D eigenvalue weighted by molar-refractivity contribution is 6.22. The fourth-order valence-electron chi connectivity index (χ4n) is 4.90. The summed E-state index contributed by atoms with van der Waals surface area (Å²) in [5.41, 5.74) is 4.15. The Balaban J connectivity index is 1.43. The first-order valence-electron chi connectivity index (χ1n) is 13.3. The van der Waals surface area contributed by atoms with Gasteiger partial charge < -0.3 is 24.8 Å². The molecule has 3 N–H and O–H groups in total. The zero-order valence-electron chi connectivity index (χ0n) is 23.2. The molecule has 1 atom stereocenters. The largest absolute Gasteiger partial charge is 0.494 e. The third-order valence-electron chi connectivity index (χ3n) is 7.39. The van der Waals surface area contributed by atoms with Crippen molar-refractivity contribution in [2.45, 2.75) is 6.23 Å². The van der Waals surface area contributed by atoms with E-state index in [4.69, 9.17) is 9.73 Å². The lowest BCUT2D eigenvalue weighted by atomic mass is 10.00. The summed E-state index contributed by atoms with van der Waals surface area (Å²) in [5, 5.41) is 21.8. The van der Waals surface area contributed by atoms with Crippen LogP contribution in [0.5, 0.6) is 5.88 Å². The van der Waals surface area contributed by atoms with E-state index < -0.39 is 12.2 Å². The summed E-state index contributed by atoms with van der Waals surface area (Å²) >= 11 is 0. The van der Waals surface area contributed by atoms with Crippen LogP contribution in [0.2, 0.25) is 0 Å². The maximum absolute atomic E-state index is 13.0. The Kier molecular flexibility index (Phi) is 8.16. The van der Waals surface area contributed by atoms with Gasteiger partial charge in [-0.1, -0.05) is 36.4 Å². The third kappa shape index (κ3) is 5.99. The second-order valence-corrected chi connectivity index (χ2v) is 10.1. The Bertz CT molecular complexity index is 1580. The number of nitrogens with zero attached hydrogens (tertiary/aromatic N) is 4. The minimum absolute atomic E-state index is 0.0689. The molecule has 0 bridgehead atoms. The van der Waals surface area contributed by atoms with Gasteiger partial charge in [0.2, 0.25) is 5.91 Å². The number of aliphatic imine (C=N–C) groups is 1. The minimum Gasteiger partial charge on any atom is -0.494 e. The maximum atomic E-state index is 13.0. The topological polar surface area (TPSA) is 122 Å². The molecule has 10 heteroatoms. The Morgan fingerprint density at radius 2 is 1.78 bits per heavy atom. The number of carbonyl (C=O) groups excluding carboxylic acids is 2. The lowest BCUT2D eigenvalue weighted by molar-refractivity contribution is -0.121. The van der Waals surface area contributed by atoms with Crippen molar-refractivity contribution in [3.63, 3.8) is 0 Å². The van der Waals surface area contributed by atoms with E-state index >= 15 is 0 Å². The number of carbonyl (C=O) groups is 2. The summed E-state index contributed by atoms with van der Waals surface area (Å²) in [4.78, 5) is 38.3. The number of amides is 1. The number of rotatable bonds is 7. The maximum Gasteiger partial charge on any atom is 0.337 e. The highest BCUT2D eigenvalue weighted by Gasteiger charge is 2.25. The fourth-order valence-corrected chi connectivity index (χ4v) is 4.90. The summed E-state index contributed by atoms with van der Waals surface area (Å²) in [7, 11) is 4.92. The van der Waals surface area contributed by atoms with Crippen LogP contribution in [-0.2, 0) is 9.53 Å². The van der Waals surface area contributed by atoms with Gasteiger partial charge in [0.25, 0.3) is 0 Å². The van der Waals surface area contributed by atoms with Gasteiger partial charge in [-0.2, -0.15) is 0 Å². The molecule has 1 aromatic heterocycles. The SMILES string of the molecule is COC(=O)c1ccc2c(C(=Nc3ccc(N(C)C(=O)CN4CCN(C)C(O)C4)cc3)c3ccccc3)c(O)[nH]c2c1. The fraction of sp³-hybridized carbons (Fsp3) is 0.258. The molecule has 41 heavy (non-hydrogen) atoms. The van der Waals surface area contributed by atoms with Crippen molar-refractivity contribution in [1.82, 2.24) is 14.8 Å². The smallest absolute Gasteiger partial charge is 0.337 e. The van der Waals surface area contributed by atoms with Crippen LogP contribution in [0, 0.1) is 0 Å².